The summed E-state index contributed by atoms with van der Waals surface area (Å²) in [6, 6.07) is 13.0. The number of carboxylic acid groups (broad SMARTS) is 1. The molecule has 0 aliphatic heterocycles. The van der Waals surface area contributed by atoms with E-state index in [2.05, 4.69) is 13.7 Å². The number of hydrogen-bond donors (Lipinski definition) is 1. The molecule has 0 radical (unpaired) electrons. The molecule has 0 bridgehead atoms. The number of fused-ring (bicyclic) bond motifs is 1. The molecule has 2 heterocycles. The van der Waals surface area contributed by atoms with Crippen molar-refractivity contribution in [2.75, 3.05) is 21.3 Å². The van der Waals surface area contributed by atoms with Crippen LogP contribution in [0, 0.1) is 0 Å². The number of ether oxygens (including phenoxy) is 3. The Hall–Kier alpha value is -4.31. The molecule has 0 fully saturated rings. The van der Waals surface area contributed by atoms with Gasteiger partial charge in [-0.3, -0.25) is 4.79 Å². The zero-order chi connectivity index (χ0) is 24.9. The molecule has 0 aliphatic rings. The molecule has 0 amide bonds. The molecule has 0 aliphatic carbocycles. The Morgan fingerprint density at radius 3 is 2.31 bits per heavy atom. The number of rotatable bonds is 9. The molecule has 4 aromatic rings. The van der Waals surface area contributed by atoms with Gasteiger partial charge in [0.15, 0.2) is 17.3 Å². The Labute approximate surface area is 204 Å². The number of aliphatic carboxylic acids is 1. The summed E-state index contributed by atoms with van der Waals surface area (Å²) in [6.45, 7) is 0. The average molecular weight is 492 g/mol. The molecule has 10 heteroatoms. The molecule has 4 rings (SSSR count). The lowest BCUT2D eigenvalue weighted by atomic mass is 9.89. The van der Waals surface area contributed by atoms with Gasteiger partial charge >= 0.3 is 5.97 Å². The molecular formula is C25H21N3O6S. The number of hydrogen-bond acceptors (Lipinski definition) is 9. The number of Topliss-reactive ketones (excluding diaryl/α,β-unsaturated/α-hetero) is 1. The second-order valence-corrected chi connectivity index (χ2v) is 7.94. The summed E-state index contributed by atoms with van der Waals surface area (Å²) in [6.07, 6.45) is 1.57. The first-order valence-corrected chi connectivity index (χ1v) is 11.1. The van der Waals surface area contributed by atoms with E-state index < -0.39 is 11.8 Å². The average Bonchev–Trinajstić information content (AvgIpc) is 3.35. The number of methoxy groups -OCH3 is 3. The van der Waals surface area contributed by atoms with Gasteiger partial charge in [-0.25, -0.2) is 9.78 Å². The largest absolute Gasteiger partial charge is 0.493 e. The van der Waals surface area contributed by atoms with Gasteiger partial charge in [-0.1, -0.05) is 6.07 Å². The molecular weight excluding hydrogens is 470 g/mol. The quantitative estimate of drug-likeness (QED) is 0.273. The zero-order valence-electron chi connectivity index (χ0n) is 19.1. The summed E-state index contributed by atoms with van der Waals surface area (Å²) in [5.74, 6) is -0.538. The van der Waals surface area contributed by atoms with Crippen LogP contribution in [0.4, 0.5) is 0 Å². The second-order valence-electron chi connectivity index (χ2n) is 7.41. The van der Waals surface area contributed by atoms with E-state index in [1.54, 1.807) is 48.7 Å². The highest BCUT2D eigenvalue weighted by atomic mass is 32.1. The molecule has 0 saturated carbocycles. The SMILES string of the molecule is COc1cc(CC(C(=O)c2ccc(OC)c(OC)c2)=C(C(=O)O)c2ccc3nsnc3c2)ccn1. The van der Waals surface area contributed by atoms with Crippen LogP contribution in [0.1, 0.15) is 21.5 Å². The van der Waals surface area contributed by atoms with Crippen LogP contribution in [0.15, 0.2) is 60.3 Å². The van der Waals surface area contributed by atoms with Crippen molar-refractivity contribution in [2.24, 2.45) is 0 Å². The van der Waals surface area contributed by atoms with Gasteiger partial charge in [0, 0.05) is 29.8 Å². The minimum absolute atomic E-state index is 0.0288. The second kappa shape index (κ2) is 10.3. The van der Waals surface area contributed by atoms with Crippen molar-refractivity contribution >= 4 is 40.1 Å². The van der Waals surface area contributed by atoms with Gasteiger partial charge in [-0.2, -0.15) is 8.75 Å². The number of carbonyl (C=O) groups is 2. The molecule has 35 heavy (non-hydrogen) atoms. The predicted molar refractivity (Wildman–Crippen MR) is 130 cm³/mol. The fourth-order valence-electron chi connectivity index (χ4n) is 3.67. The third-order valence-corrected chi connectivity index (χ3v) is 5.92. The maximum atomic E-state index is 13.8. The summed E-state index contributed by atoms with van der Waals surface area (Å²) in [5.41, 5.74) is 2.42. The van der Waals surface area contributed by atoms with Crippen LogP contribution < -0.4 is 14.2 Å². The molecule has 2 aromatic heterocycles. The van der Waals surface area contributed by atoms with Crippen LogP contribution in [0.25, 0.3) is 16.6 Å². The highest BCUT2D eigenvalue weighted by molar-refractivity contribution is 7.00. The van der Waals surface area contributed by atoms with Crippen molar-refractivity contribution in [3.05, 3.63) is 77.0 Å². The van der Waals surface area contributed by atoms with Gasteiger partial charge in [-0.05, 0) is 47.5 Å². The Balaban J connectivity index is 1.92. The van der Waals surface area contributed by atoms with Gasteiger partial charge in [0.1, 0.15) is 11.0 Å². The molecule has 0 spiro atoms. The normalized spacial score (nSPS) is 11.6. The lowest BCUT2D eigenvalue weighted by Crippen LogP contribution is -2.14. The number of aromatic nitrogens is 3. The Morgan fingerprint density at radius 1 is 0.857 bits per heavy atom. The predicted octanol–water partition coefficient (Wildman–Crippen LogP) is 4.08. The monoisotopic (exact) mass is 491 g/mol. The maximum absolute atomic E-state index is 13.8. The summed E-state index contributed by atoms with van der Waals surface area (Å²) in [4.78, 5) is 30.5. The third-order valence-electron chi connectivity index (χ3n) is 5.37. The molecule has 0 saturated heterocycles. The Kier molecular flexibility index (Phi) is 7.02. The van der Waals surface area contributed by atoms with Crippen LogP contribution in [0.3, 0.4) is 0 Å². The minimum atomic E-state index is -1.24. The smallest absolute Gasteiger partial charge is 0.336 e. The van der Waals surface area contributed by atoms with Crippen LogP contribution in [0.2, 0.25) is 0 Å². The van der Waals surface area contributed by atoms with Crippen LogP contribution in [-0.2, 0) is 11.2 Å². The van der Waals surface area contributed by atoms with Crippen LogP contribution in [-0.4, -0.2) is 51.9 Å². The van der Waals surface area contributed by atoms with E-state index in [-0.39, 0.29) is 23.1 Å². The summed E-state index contributed by atoms with van der Waals surface area (Å²) in [7, 11) is 4.44. The first kappa shape index (κ1) is 23.8. The molecule has 9 nitrogen and oxygen atoms in total. The van der Waals surface area contributed by atoms with E-state index in [4.69, 9.17) is 14.2 Å². The first-order valence-electron chi connectivity index (χ1n) is 10.4. The first-order chi connectivity index (χ1) is 16.9. The maximum Gasteiger partial charge on any atom is 0.336 e. The standard InChI is InChI=1S/C25H21N3O6S/c1-32-20-7-5-16(13-21(20)33-2)24(29)17(10-14-8-9-26-22(11-14)34-3)23(25(30)31)15-4-6-18-19(12-15)28-35-27-18/h4-9,11-13H,10H2,1-3H3,(H,30,31). The Bertz CT molecular complexity index is 1450. The summed E-state index contributed by atoms with van der Waals surface area (Å²) < 4.78 is 24.2. The number of benzene rings is 2. The van der Waals surface area contributed by atoms with E-state index in [0.717, 1.165) is 11.7 Å². The fourth-order valence-corrected chi connectivity index (χ4v) is 4.19. The number of pyridine rings is 1. The van der Waals surface area contributed by atoms with Crippen molar-refractivity contribution in [1.82, 2.24) is 13.7 Å². The van der Waals surface area contributed by atoms with E-state index in [0.29, 0.717) is 39.5 Å². The van der Waals surface area contributed by atoms with Crippen molar-refractivity contribution in [3.63, 3.8) is 0 Å². The molecule has 0 atom stereocenters. The van der Waals surface area contributed by atoms with Crippen LogP contribution in [0.5, 0.6) is 17.4 Å². The van der Waals surface area contributed by atoms with Crippen LogP contribution >= 0.6 is 11.7 Å². The number of allylic oxidation sites excluding steroid dienone is 1. The van der Waals surface area contributed by atoms with Crippen molar-refractivity contribution in [1.29, 1.82) is 0 Å². The number of ketones is 1. The van der Waals surface area contributed by atoms with Gasteiger partial charge in [-0.15, -0.1) is 0 Å². The van der Waals surface area contributed by atoms with Crippen molar-refractivity contribution in [3.8, 4) is 17.4 Å². The summed E-state index contributed by atoms with van der Waals surface area (Å²) >= 11 is 1.03. The molecule has 178 valence electrons. The topological polar surface area (TPSA) is 121 Å². The molecule has 2 aromatic carbocycles. The van der Waals surface area contributed by atoms with E-state index >= 15 is 0 Å². The minimum Gasteiger partial charge on any atom is -0.493 e. The molecule has 1 N–H and O–H groups in total. The van der Waals surface area contributed by atoms with E-state index in [1.807, 2.05) is 0 Å². The van der Waals surface area contributed by atoms with Crippen molar-refractivity contribution < 1.29 is 28.9 Å². The van der Waals surface area contributed by atoms with Gasteiger partial charge in [0.2, 0.25) is 5.88 Å². The summed E-state index contributed by atoms with van der Waals surface area (Å²) in [5, 5.41) is 10.3. The van der Waals surface area contributed by atoms with Gasteiger partial charge in [0.05, 0.1) is 38.6 Å². The number of nitrogens with zero attached hydrogens (tertiary/aromatic N) is 3. The fraction of sp³-hybridized carbons (Fsp3) is 0.160. The number of carbonyl (C=O) groups excluding carboxylic acids is 1. The van der Waals surface area contributed by atoms with Gasteiger partial charge < -0.3 is 19.3 Å². The highest BCUT2D eigenvalue weighted by Crippen LogP contribution is 2.32. The van der Waals surface area contributed by atoms with Gasteiger partial charge in [0.25, 0.3) is 0 Å². The lowest BCUT2D eigenvalue weighted by molar-refractivity contribution is -0.130. The molecule has 0 unspecified atom stereocenters. The third kappa shape index (κ3) is 4.97. The van der Waals surface area contributed by atoms with E-state index in [1.165, 1.54) is 27.4 Å². The number of carboxylic acids is 1. The van der Waals surface area contributed by atoms with Crippen molar-refractivity contribution in [2.45, 2.75) is 6.42 Å². The lowest BCUT2D eigenvalue weighted by Gasteiger charge is -2.15. The Morgan fingerprint density at radius 2 is 1.60 bits per heavy atom. The zero-order valence-corrected chi connectivity index (χ0v) is 20.0. The highest BCUT2D eigenvalue weighted by Gasteiger charge is 2.25. The van der Waals surface area contributed by atoms with E-state index in [9.17, 15) is 14.7 Å².